The van der Waals surface area contributed by atoms with Crippen LogP contribution in [0.1, 0.15) is 110 Å². The van der Waals surface area contributed by atoms with Crippen LogP contribution in [0.2, 0.25) is 0 Å². The van der Waals surface area contributed by atoms with Gasteiger partial charge in [0.25, 0.3) is 0 Å². The molecule has 0 saturated heterocycles. The molecule has 0 N–H and O–H groups in total. The van der Waals surface area contributed by atoms with Gasteiger partial charge in [0.1, 0.15) is 5.01 Å². The van der Waals surface area contributed by atoms with Crippen molar-refractivity contribution in [2.45, 2.75) is 106 Å². The molecule has 0 bridgehead atoms. The van der Waals surface area contributed by atoms with E-state index >= 15 is 0 Å². The van der Waals surface area contributed by atoms with Crippen molar-refractivity contribution in [1.29, 1.82) is 5.26 Å². The van der Waals surface area contributed by atoms with E-state index in [4.69, 9.17) is 4.74 Å². The lowest BCUT2D eigenvalue weighted by Crippen LogP contribution is -2.05. The van der Waals surface area contributed by atoms with Crippen LogP contribution in [0.15, 0.2) is 54.8 Å². The number of nitriles is 1. The van der Waals surface area contributed by atoms with Gasteiger partial charge in [-0.25, -0.2) is 4.98 Å². The summed E-state index contributed by atoms with van der Waals surface area (Å²) < 4.78 is 5.58. The number of hydrogen-bond donors (Lipinski definition) is 0. The number of allylic oxidation sites excluding steroid dienone is 4. The molecule has 0 saturated carbocycles. The van der Waals surface area contributed by atoms with Crippen molar-refractivity contribution >= 4 is 16.9 Å². The number of hydrogen-bond acceptors (Lipinski definition) is 4. The van der Waals surface area contributed by atoms with Crippen molar-refractivity contribution in [3.05, 3.63) is 70.9 Å². The van der Waals surface area contributed by atoms with Crippen LogP contribution in [-0.4, -0.2) is 17.7 Å². The highest BCUT2D eigenvalue weighted by Gasteiger charge is 2.22. The van der Waals surface area contributed by atoms with Crippen LogP contribution in [-0.2, 0) is 11.2 Å². The van der Waals surface area contributed by atoms with Crippen molar-refractivity contribution in [1.82, 2.24) is 4.98 Å². The molecule has 1 unspecified atom stereocenters. The van der Waals surface area contributed by atoms with Gasteiger partial charge in [-0.15, -0.1) is 11.3 Å². The van der Waals surface area contributed by atoms with E-state index in [2.05, 4.69) is 84.3 Å². The normalized spacial score (nSPS) is 14.9. The summed E-state index contributed by atoms with van der Waals surface area (Å²) in [5, 5.41) is 10.3. The molecule has 214 valence electrons. The second-order valence-electron chi connectivity index (χ2n) is 11.2. The first-order valence-corrected chi connectivity index (χ1v) is 15.5. The minimum Gasteiger partial charge on any atom is -0.373 e. The average Bonchev–Trinajstić information content (AvgIpc) is 3.54. The summed E-state index contributed by atoms with van der Waals surface area (Å²) in [6.45, 7) is 23.7. The van der Waals surface area contributed by atoms with Gasteiger partial charge >= 0.3 is 0 Å². The molecule has 39 heavy (non-hydrogen) atoms. The summed E-state index contributed by atoms with van der Waals surface area (Å²) in [6, 6.07) is 8.82. The summed E-state index contributed by atoms with van der Waals surface area (Å²) in [7, 11) is 0. The third kappa shape index (κ3) is 12.1. The Kier molecular flexibility index (Phi) is 16.6. The zero-order valence-electron chi connectivity index (χ0n) is 26.0. The number of thiazole rings is 1. The molecule has 0 radical (unpaired) electrons. The van der Waals surface area contributed by atoms with Crippen LogP contribution in [0.25, 0.3) is 16.0 Å². The Bertz CT molecular complexity index is 1090. The molecule has 0 fully saturated rings. The molecule has 1 aromatic carbocycles. The van der Waals surface area contributed by atoms with Gasteiger partial charge in [-0.05, 0) is 67.2 Å². The van der Waals surface area contributed by atoms with Crippen molar-refractivity contribution in [3.63, 3.8) is 0 Å². The van der Waals surface area contributed by atoms with Crippen molar-refractivity contribution in [2.75, 3.05) is 6.61 Å². The summed E-state index contributed by atoms with van der Waals surface area (Å²) in [5.41, 5.74) is 5.67. The molecule has 1 atom stereocenters. The van der Waals surface area contributed by atoms with E-state index in [9.17, 15) is 5.26 Å². The van der Waals surface area contributed by atoms with Gasteiger partial charge in [0.2, 0.25) is 0 Å². The Balaban J connectivity index is 0.000000584. The zero-order chi connectivity index (χ0) is 29.4. The lowest BCUT2D eigenvalue weighted by Gasteiger charge is -2.08. The first-order chi connectivity index (χ1) is 18.6. The monoisotopic (exact) mass is 548 g/mol. The number of benzene rings is 1. The predicted molar refractivity (Wildman–Crippen MR) is 172 cm³/mol. The highest BCUT2D eigenvalue weighted by Crippen LogP contribution is 2.41. The SMILES string of the molecule is C=C/C=C(\C=C(\C#N)COC(C)C)c1ncc(-c2cccc3c2CCC3C)s1.CC(C)C(C)C.CCCCC. The molecule has 2 aromatic rings. The van der Waals surface area contributed by atoms with Gasteiger partial charge in [0, 0.05) is 11.8 Å². The number of fused-ring (bicyclic) bond motifs is 1. The van der Waals surface area contributed by atoms with E-state index in [0.717, 1.165) is 28.8 Å². The van der Waals surface area contributed by atoms with Crippen molar-refractivity contribution < 1.29 is 4.74 Å². The largest absolute Gasteiger partial charge is 0.373 e. The van der Waals surface area contributed by atoms with E-state index in [0.29, 0.717) is 18.1 Å². The van der Waals surface area contributed by atoms with Crippen LogP contribution >= 0.6 is 11.3 Å². The third-order valence-corrected chi connectivity index (χ3v) is 8.05. The molecule has 0 amide bonds. The maximum Gasteiger partial charge on any atom is 0.123 e. The molecule has 1 aliphatic carbocycles. The summed E-state index contributed by atoms with van der Waals surface area (Å²) in [6.07, 6.45) is 13.9. The topological polar surface area (TPSA) is 45.9 Å². The van der Waals surface area contributed by atoms with E-state index in [1.54, 1.807) is 17.4 Å². The Morgan fingerprint density at radius 3 is 2.33 bits per heavy atom. The molecule has 3 rings (SSSR count). The Hall–Kier alpha value is -2.48. The van der Waals surface area contributed by atoms with Crippen LogP contribution in [0.5, 0.6) is 0 Å². The Labute approximate surface area is 243 Å². The molecule has 4 heteroatoms. The molecule has 0 spiro atoms. The van der Waals surface area contributed by atoms with Crippen molar-refractivity contribution in [2.24, 2.45) is 11.8 Å². The fourth-order valence-electron chi connectivity index (χ4n) is 3.84. The molecule has 3 nitrogen and oxygen atoms in total. The maximum absolute atomic E-state index is 9.45. The molecule has 0 aliphatic heterocycles. The highest BCUT2D eigenvalue weighted by atomic mass is 32.1. The third-order valence-electron chi connectivity index (χ3n) is 6.97. The smallest absolute Gasteiger partial charge is 0.123 e. The van der Waals surface area contributed by atoms with Gasteiger partial charge in [-0.3, -0.25) is 0 Å². The quantitative estimate of drug-likeness (QED) is 0.219. The molecular formula is C35H52N2OS. The van der Waals surface area contributed by atoms with Crippen molar-refractivity contribution in [3.8, 4) is 16.5 Å². The first kappa shape index (κ1) is 34.5. The molecule has 1 aliphatic rings. The highest BCUT2D eigenvalue weighted by molar-refractivity contribution is 7.16. The predicted octanol–water partition coefficient (Wildman–Crippen LogP) is 10.8. The number of ether oxygens (including phenoxy) is 1. The molecule has 1 heterocycles. The second-order valence-corrected chi connectivity index (χ2v) is 12.2. The number of nitrogens with zero attached hydrogens (tertiary/aromatic N) is 2. The Morgan fingerprint density at radius 2 is 1.82 bits per heavy atom. The number of aromatic nitrogens is 1. The van der Waals surface area contributed by atoms with Crippen LogP contribution in [0.3, 0.4) is 0 Å². The minimum absolute atomic E-state index is 0.0811. The fraction of sp³-hybridized carbons (Fsp3) is 0.543. The standard InChI is InChI=1S/C24H26N2OS.C6H14.C5H12/c1-5-7-19(12-18(13-25)15-27-16(2)3)24-26-14-23(28-24)22-9-6-8-20-17(4)10-11-21(20)22;1-5(2)6(3)4;1-3-5-4-2/h5-9,12,14,16-17H,1,10-11,15H2,2-4H3;5-6H,1-4H3;3-5H2,1-2H3/b18-12-,19-7+;;. The summed E-state index contributed by atoms with van der Waals surface area (Å²) in [5.74, 6) is 2.33. The molecular weight excluding hydrogens is 496 g/mol. The van der Waals surface area contributed by atoms with E-state index in [1.807, 2.05) is 32.2 Å². The van der Waals surface area contributed by atoms with Gasteiger partial charge < -0.3 is 4.74 Å². The zero-order valence-corrected chi connectivity index (χ0v) is 26.8. The van der Waals surface area contributed by atoms with E-state index < -0.39 is 0 Å². The van der Waals surface area contributed by atoms with Crippen LogP contribution in [0.4, 0.5) is 0 Å². The lowest BCUT2D eigenvalue weighted by atomic mass is 9.99. The number of unbranched alkanes of at least 4 members (excludes halogenated alkanes) is 2. The Morgan fingerprint density at radius 1 is 1.15 bits per heavy atom. The first-order valence-electron chi connectivity index (χ1n) is 14.7. The van der Waals surface area contributed by atoms with Crippen LogP contribution in [0, 0.1) is 23.2 Å². The average molecular weight is 549 g/mol. The summed E-state index contributed by atoms with van der Waals surface area (Å²) >= 11 is 1.66. The lowest BCUT2D eigenvalue weighted by molar-refractivity contribution is 0.0992. The van der Waals surface area contributed by atoms with Gasteiger partial charge in [-0.2, -0.15) is 5.26 Å². The maximum atomic E-state index is 9.45. The number of rotatable bonds is 10. The minimum atomic E-state index is 0.0811. The van der Waals surface area contributed by atoms with E-state index in [1.165, 1.54) is 47.3 Å². The summed E-state index contributed by atoms with van der Waals surface area (Å²) in [4.78, 5) is 5.81. The van der Waals surface area contributed by atoms with Gasteiger partial charge in [0.15, 0.2) is 0 Å². The fourth-order valence-corrected chi connectivity index (χ4v) is 4.80. The second kappa shape index (κ2) is 18.7. The van der Waals surface area contributed by atoms with Gasteiger partial charge in [0.05, 0.1) is 29.2 Å². The van der Waals surface area contributed by atoms with E-state index in [-0.39, 0.29) is 6.10 Å². The molecule has 1 aromatic heterocycles. The van der Waals surface area contributed by atoms with Crippen LogP contribution < -0.4 is 0 Å². The van der Waals surface area contributed by atoms with Gasteiger partial charge in [-0.1, -0.05) is 105 Å².